The van der Waals surface area contributed by atoms with Crippen molar-refractivity contribution in [1.29, 1.82) is 0 Å². The predicted molar refractivity (Wildman–Crippen MR) is 80.3 cm³/mol. The van der Waals surface area contributed by atoms with Crippen LogP contribution in [0, 0.1) is 0 Å². The van der Waals surface area contributed by atoms with Gasteiger partial charge in [0.1, 0.15) is 0 Å². The zero-order chi connectivity index (χ0) is 14.7. The van der Waals surface area contributed by atoms with Crippen LogP contribution < -0.4 is 4.90 Å². The lowest BCUT2D eigenvalue weighted by atomic mass is 10.2. The van der Waals surface area contributed by atoms with Crippen LogP contribution in [0.25, 0.3) is 10.8 Å². The molecule has 6 heteroatoms. The lowest BCUT2D eigenvalue weighted by molar-refractivity contribution is 0.105. The summed E-state index contributed by atoms with van der Waals surface area (Å²) in [6.07, 6.45) is 1.54. The van der Waals surface area contributed by atoms with Crippen molar-refractivity contribution >= 4 is 22.7 Å². The smallest absolute Gasteiger partial charge is 0.409 e. The average Bonchev–Trinajstić information content (AvgIpc) is 2.55. The van der Waals surface area contributed by atoms with Gasteiger partial charge in [-0.25, -0.2) is 4.79 Å². The van der Waals surface area contributed by atoms with Crippen molar-refractivity contribution in [2.24, 2.45) is 0 Å². The molecule has 0 N–H and O–H groups in total. The summed E-state index contributed by atoms with van der Waals surface area (Å²) in [5.74, 6) is 0.886. The van der Waals surface area contributed by atoms with Crippen molar-refractivity contribution in [1.82, 2.24) is 15.1 Å². The van der Waals surface area contributed by atoms with Gasteiger partial charge in [-0.1, -0.05) is 24.3 Å². The fraction of sp³-hybridized carbons (Fsp3) is 0.400. The Morgan fingerprint density at radius 2 is 2.00 bits per heavy atom. The third-order valence-electron chi connectivity index (χ3n) is 3.66. The second-order valence-corrected chi connectivity index (χ2v) is 4.93. The van der Waals surface area contributed by atoms with Crippen molar-refractivity contribution in [3.8, 4) is 0 Å². The highest BCUT2D eigenvalue weighted by Crippen LogP contribution is 2.24. The SMILES string of the molecule is CCOC(=O)N1CCN(c2nncc3ccccc23)CC1. The molecule has 1 aromatic carbocycles. The van der Waals surface area contributed by atoms with Crippen LogP contribution in [0.4, 0.5) is 10.6 Å². The van der Waals surface area contributed by atoms with Gasteiger partial charge in [0.25, 0.3) is 0 Å². The molecule has 0 bridgehead atoms. The van der Waals surface area contributed by atoms with Crippen molar-refractivity contribution in [3.63, 3.8) is 0 Å². The Labute approximate surface area is 123 Å². The topological polar surface area (TPSA) is 58.6 Å². The maximum Gasteiger partial charge on any atom is 0.409 e. The molecule has 1 aliphatic heterocycles. The summed E-state index contributed by atoms with van der Waals surface area (Å²) in [7, 11) is 0. The number of amides is 1. The Morgan fingerprint density at radius 1 is 1.24 bits per heavy atom. The van der Waals surface area contributed by atoms with E-state index in [1.54, 1.807) is 11.1 Å². The molecule has 0 unspecified atom stereocenters. The Kier molecular flexibility index (Phi) is 3.85. The minimum atomic E-state index is -0.235. The molecule has 0 radical (unpaired) electrons. The summed E-state index contributed by atoms with van der Waals surface area (Å²) in [6.45, 7) is 4.99. The number of hydrogen-bond acceptors (Lipinski definition) is 5. The van der Waals surface area contributed by atoms with E-state index < -0.39 is 0 Å². The van der Waals surface area contributed by atoms with Crippen molar-refractivity contribution in [2.45, 2.75) is 6.92 Å². The normalized spacial score (nSPS) is 15.3. The fourth-order valence-electron chi connectivity index (χ4n) is 2.56. The summed E-state index contributed by atoms with van der Waals surface area (Å²) in [4.78, 5) is 15.6. The second kappa shape index (κ2) is 5.95. The molecule has 6 nitrogen and oxygen atoms in total. The first-order valence-corrected chi connectivity index (χ1v) is 7.16. The minimum absolute atomic E-state index is 0.235. The number of benzene rings is 1. The zero-order valence-corrected chi connectivity index (χ0v) is 12.0. The monoisotopic (exact) mass is 286 g/mol. The number of hydrogen-bond donors (Lipinski definition) is 0. The molecule has 1 fully saturated rings. The van der Waals surface area contributed by atoms with Gasteiger partial charge in [0.05, 0.1) is 12.8 Å². The van der Waals surface area contributed by atoms with Crippen LogP contribution in [0.5, 0.6) is 0 Å². The summed E-state index contributed by atoms with van der Waals surface area (Å²) >= 11 is 0. The van der Waals surface area contributed by atoms with Gasteiger partial charge in [-0.15, -0.1) is 5.10 Å². The van der Waals surface area contributed by atoms with Gasteiger partial charge in [-0.3, -0.25) is 0 Å². The molecule has 0 atom stereocenters. The van der Waals surface area contributed by atoms with E-state index in [4.69, 9.17) is 4.74 Å². The van der Waals surface area contributed by atoms with Crippen LogP contribution in [-0.2, 0) is 4.74 Å². The highest BCUT2D eigenvalue weighted by Gasteiger charge is 2.23. The quantitative estimate of drug-likeness (QED) is 0.844. The molecule has 1 amide bonds. The molecule has 3 rings (SSSR count). The van der Waals surface area contributed by atoms with Gasteiger partial charge in [0.15, 0.2) is 5.82 Å². The second-order valence-electron chi connectivity index (χ2n) is 4.93. The summed E-state index contributed by atoms with van der Waals surface area (Å²) in [5.41, 5.74) is 0. The lowest BCUT2D eigenvalue weighted by Crippen LogP contribution is -2.49. The van der Waals surface area contributed by atoms with Gasteiger partial charge in [0.2, 0.25) is 0 Å². The number of carbonyl (C=O) groups excluding carboxylic acids is 1. The van der Waals surface area contributed by atoms with E-state index in [2.05, 4.69) is 21.2 Å². The number of aromatic nitrogens is 2. The Bertz CT molecular complexity index is 633. The molecule has 1 aromatic heterocycles. The maximum atomic E-state index is 11.7. The van der Waals surface area contributed by atoms with E-state index >= 15 is 0 Å². The van der Waals surface area contributed by atoms with Gasteiger partial charge in [-0.05, 0) is 6.92 Å². The average molecular weight is 286 g/mol. The number of piperazine rings is 1. The Balaban J connectivity index is 1.76. The highest BCUT2D eigenvalue weighted by molar-refractivity contribution is 5.91. The summed E-state index contributed by atoms with van der Waals surface area (Å²) < 4.78 is 5.03. The first-order chi connectivity index (χ1) is 10.3. The molecule has 0 aliphatic carbocycles. The van der Waals surface area contributed by atoms with Crippen molar-refractivity contribution in [2.75, 3.05) is 37.7 Å². The molecule has 0 spiro atoms. The Hall–Kier alpha value is -2.37. The van der Waals surface area contributed by atoms with Crippen LogP contribution in [0.15, 0.2) is 30.5 Å². The van der Waals surface area contributed by atoms with E-state index in [1.807, 2.05) is 25.1 Å². The van der Waals surface area contributed by atoms with Crippen LogP contribution in [0.1, 0.15) is 6.92 Å². The standard InChI is InChI=1S/C15H18N4O2/c1-2-21-15(20)19-9-7-18(8-10-19)14-13-6-4-3-5-12(13)11-16-17-14/h3-6,11H,2,7-10H2,1H3. The third kappa shape index (κ3) is 2.74. The first-order valence-electron chi connectivity index (χ1n) is 7.16. The molecular weight excluding hydrogens is 268 g/mol. The van der Waals surface area contributed by atoms with Crippen LogP contribution in [0.2, 0.25) is 0 Å². The number of nitrogens with zero attached hydrogens (tertiary/aromatic N) is 4. The van der Waals surface area contributed by atoms with Gasteiger partial charge < -0.3 is 14.5 Å². The number of ether oxygens (including phenoxy) is 1. The van der Waals surface area contributed by atoms with Crippen LogP contribution in [0.3, 0.4) is 0 Å². The predicted octanol–water partition coefficient (Wildman–Crippen LogP) is 1.91. The molecule has 0 saturated carbocycles. The van der Waals surface area contributed by atoms with E-state index in [1.165, 1.54) is 0 Å². The summed E-state index contributed by atoms with van der Waals surface area (Å²) in [5, 5.41) is 10.5. The zero-order valence-electron chi connectivity index (χ0n) is 12.0. The molecule has 1 aliphatic rings. The number of fused-ring (bicyclic) bond motifs is 1. The van der Waals surface area contributed by atoms with Crippen LogP contribution in [-0.4, -0.2) is 54.0 Å². The molecule has 2 aromatic rings. The molecular formula is C15H18N4O2. The largest absolute Gasteiger partial charge is 0.450 e. The number of anilines is 1. The van der Waals surface area contributed by atoms with Gasteiger partial charge in [-0.2, -0.15) is 5.10 Å². The van der Waals surface area contributed by atoms with Gasteiger partial charge in [0, 0.05) is 37.0 Å². The fourth-order valence-corrected chi connectivity index (χ4v) is 2.56. The van der Waals surface area contributed by atoms with E-state index in [-0.39, 0.29) is 6.09 Å². The first kappa shape index (κ1) is 13.6. The van der Waals surface area contributed by atoms with Crippen molar-refractivity contribution < 1.29 is 9.53 Å². The van der Waals surface area contributed by atoms with Gasteiger partial charge >= 0.3 is 6.09 Å². The lowest BCUT2D eigenvalue weighted by Gasteiger charge is -2.34. The van der Waals surface area contributed by atoms with Crippen molar-refractivity contribution in [3.05, 3.63) is 30.5 Å². The van der Waals surface area contributed by atoms with E-state index in [0.29, 0.717) is 19.7 Å². The minimum Gasteiger partial charge on any atom is -0.450 e. The molecule has 110 valence electrons. The maximum absolute atomic E-state index is 11.7. The molecule has 2 heterocycles. The molecule has 1 saturated heterocycles. The van der Waals surface area contributed by atoms with E-state index in [0.717, 1.165) is 29.7 Å². The van der Waals surface area contributed by atoms with E-state index in [9.17, 15) is 4.79 Å². The number of rotatable bonds is 2. The Morgan fingerprint density at radius 3 is 2.76 bits per heavy atom. The van der Waals surface area contributed by atoms with Crippen LogP contribution >= 0.6 is 0 Å². The molecule has 21 heavy (non-hydrogen) atoms. The number of carbonyl (C=O) groups is 1. The highest BCUT2D eigenvalue weighted by atomic mass is 16.6. The summed E-state index contributed by atoms with van der Waals surface area (Å²) in [6, 6.07) is 8.08. The third-order valence-corrected chi connectivity index (χ3v) is 3.66.